The summed E-state index contributed by atoms with van der Waals surface area (Å²) < 4.78 is 22.9. The van der Waals surface area contributed by atoms with Gasteiger partial charge in [0.2, 0.25) is 5.78 Å². The van der Waals surface area contributed by atoms with E-state index in [0.717, 1.165) is 71.5 Å². The average Bonchev–Trinajstić information content (AvgIpc) is 1.65. The minimum absolute atomic E-state index is 0. The molecule has 1 unspecified atom stereocenters. The fraction of sp³-hybridized carbons (Fsp3) is 0.262. The van der Waals surface area contributed by atoms with Crippen LogP contribution in [-0.4, -0.2) is 151 Å². The fourth-order valence-electron chi connectivity index (χ4n) is 10.3. The summed E-state index contributed by atoms with van der Waals surface area (Å²) in [6, 6.07) is 15.4. The number of nitrogens with zero attached hydrogens (tertiary/aromatic N) is 19. The van der Waals surface area contributed by atoms with Crippen LogP contribution in [0.4, 0.5) is 4.39 Å². The first-order valence-corrected chi connectivity index (χ1v) is 34.3. The Morgan fingerprint density at radius 3 is 1.63 bits per heavy atom. The molecule has 0 saturated heterocycles. The molecule has 1 atom stereocenters. The molecule has 11 aromatic heterocycles. The van der Waals surface area contributed by atoms with Crippen LogP contribution >= 0.6 is 73.7 Å². The van der Waals surface area contributed by atoms with Gasteiger partial charge in [0.15, 0.2) is 28.5 Å². The Balaban J connectivity index is 0.000000155. The maximum Gasteiger partial charge on any atom is 0.354 e. The molecule has 1 aromatic carbocycles. The van der Waals surface area contributed by atoms with Crippen LogP contribution in [0.5, 0.6) is 0 Å². The number of aromatic carboxylic acids is 4. The second-order valence-electron chi connectivity index (χ2n) is 22.4. The van der Waals surface area contributed by atoms with Crippen molar-refractivity contribution in [1.82, 2.24) is 83.4 Å². The minimum Gasteiger partial charge on any atom is -0.477 e. The van der Waals surface area contributed by atoms with Gasteiger partial charge in [-0.15, -0.1) is 57.8 Å². The van der Waals surface area contributed by atoms with Crippen molar-refractivity contribution in [3.63, 3.8) is 0 Å². The second-order valence-corrected chi connectivity index (χ2v) is 28.0. The SMILES string of the molecule is Cc1nc(-c2cnn(C)c2C(=O)CO)sc1Br.Cc1nc(-c2cnn(C)c2C(=O)O)c(C)s1.Cc1nc(-c2cnn(C)c2C(=O)O)sc1C1CC1.Cl.Cn1ncc(-c2cccc(C#N)n2)c1C(=O)O.Cn1ncc(-c2nc(C#N)cs2)c1C(=O)O.NC1CCn2cc(-c3cccc(F)c3)nc2C1. The third kappa shape index (κ3) is 17.9. The Morgan fingerprint density at radius 2 is 1.12 bits per heavy atom. The lowest BCUT2D eigenvalue weighted by atomic mass is 10.1. The number of carboxylic acid groups (broad SMARTS) is 4. The fourth-order valence-corrected chi connectivity index (χ4v) is 14.5. The number of imidazole rings is 1. The topological polar surface area (TPSA) is 431 Å². The van der Waals surface area contributed by atoms with Gasteiger partial charge in [0.05, 0.1) is 96.1 Å². The number of carbonyl (C=O) groups is 5. The van der Waals surface area contributed by atoms with Crippen LogP contribution in [0.25, 0.3) is 65.5 Å². The van der Waals surface area contributed by atoms with Crippen molar-refractivity contribution in [3.8, 4) is 77.6 Å². The highest BCUT2D eigenvalue weighted by molar-refractivity contribution is 9.11. The number of ketones is 1. The van der Waals surface area contributed by atoms with E-state index < -0.39 is 30.5 Å². The van der Waals surface area contributed by atoms with Crippen LogP contribution in [0, 0.1) is 56.2 Å². The highest BCUT2D eigenvalue weighted by Crippen LogP contribution is 2.46. The summed E-state index contributed by atoms with van der Waals surface area (Å²) in [5.41, 5.74) is 14.7. The Kier molecular flexibility index (Phi) is 25.4. The number of benzene rings is 1. The summed E-state index contributed by atoms with van der Waals surface area (Å²) in [4.78, 5) is 84.1. The van der Waals surface area contributed by atoms with Crippen molar-refractivity contribution >= 4 is 103 Å². The molecule has 30 nitrogen and oxygen atoms in total. The number of aliphatic hydroxyl groups is 1. The zero-order valence-corrected chi connectivity index (χ0v) is 61.3. The molecule has 0 radical (unpaired) electrons. The number of Topliss-reactive ketones (excluding diaryl/α,β-unsaturated/α-hetero) is 1. The van der Waals surface area contributed by atoms with Gasteiger partial charge in [-0.1, -0.05) is 18.2 Å². The van der Waals surface area contributed by atoms with Gasteiger partial charge in [0, 0.05) is 81.1 Å². The molecular weight excluding hydrogens is 1480 g/mol. The quantitative estimate of drug-likeness (QED) is 0.0584. The average molecular weight is 1550 g/mol. The number of fused-ring (bicyclic) bond motifs is 1. The number of halogens is 3. The predicted molar refractivity (Wildman–Crippen MR) is 382 cm³/mol. The van der Waals surface area contributed by atoms with Crippen LogP contribution in [0.1, 0.15) is 121 Å². The number of aromatic nitrogens is 17. The minimum atomic E-state index is -1.08. The molecule has 37 heteroatoms. The van der Waals surface area contributed by atoms with Crippen molar-refractivity contribution in [1.29, 1.82) is 10.5 Å². The van der Waals surface area contributed by atoms with E-state index in [9.17, 15) is 33.5 Å². The Morgan fingerprint density at radius 1 is 0.608 bits per heavy atom. The number of pyridine rings is 1. The predicted octanol–water partition coefficient (Wildman–Crippen LogP) is 10.6. The highest BCUT2D eigenvalue weighted by atomic mass is 79.9. The molecule has 0 bridgehead atoms. The molecule has 0 amide bonds. The highest BCUT2D eigenvalue weighted by Gasteiger charge is 2.30. The van der Waals surface area contributed by atoms with E-state index in [1.807, 2.05) is 52.1 Å². The van der Waals surface area contributed by atoms with Gasteiger partial charge in [-0.3, -0.25) is 28.2 Å². The maximum absolute atomic E-state index is 13.1. The van der Waals surface area contributed by atoms with E-state index in [1.165, 1.54) is 88.3 Å². The number of hydrogen-bond acceptors (Lipinski definition) is 24. The third-order valence-electron chi connectivity index (χ3n) is 15.2. The number of nitrogens with two attached hydrogens (primary N) is 1. The number of carbonyl (C=O) groups excluding carboxylic acids is 1. The number of rotatable bonds is 13. The van der Waals surface area contributed by atoms with Crippen LogP contribution < -0.4 is 5.73 Å². The largest absolute Gasteiger partial charge is 0.477 e. The molecule has 1 aliphatic carbocycles. The Labute approximate surface area is 610 Å². The van der Waals surface area contributed by atoms with Crippen molar-refractivity contribution < 1.29 is 53.9 Å². The van der Waals surface area contributed by atoms with Crippen molar-refractivity contribution in [2.75, 3.05) is 6.61 Å². The number of nitriles is 2. The smallest absolute Gasteiger partial charge is 0.354 e. The van der Waals surface area contributed by atoms with Crippen LogP contribution in [0.2, 0.25) is 0 Å². The summed E-state index contributed by atoms with van der Waals surface area (Å²) in [7, 11) is 8.01. The molecular formula is C65H63BrClFN20O10S4. The lowest BCUT2D eigenvalue weighted by Gasteiger charge is -2.18. The first-order chi connectivity index (χ1) is 48.1. The number of thiazole rings is 4. The van der Waals surface area contributed by atoms with Crippen LogP contribution in [0.15, 0.2) is 88.8 Å². The Hall–Kier alpha value is -10.7. The molecule has 0 spiro atoms. The molecule has 7 N–H and O–H groups in total. The molecule has 1 fully saturated rings. The van der Waals surface area contributed by atoms with Crippen LogP contribution in [0.3, 0.4) is 0 Å². The summed E-state index contributed by atoms with van der Waals surface area (Å²) in [6.45, 7) is 8.08. The zero-order chi connectivity index (χ0) is 73.3. The second kappa shape index (κ2) is 33.6. The number of aryl methyl sites for hydroxylation is 10. The first-order valence-electron chi connectivity index (χ1n) is 30.1. The summed E-state index contributed by atoms with van der Waals surface area (Å²) in [6.07, 6.45) is 13.8. The third-order valence-corrected chi connectivity index (χ3v) is 20.4. The van der Waals surface area contributed by atoms with Gasteiger partial charge in [-0.25, -0.2) is 53.5 Å². The molecule has 12 aromatic rings. The van der Waals surface area contributed by atoms with E-state index in [-0.39, 0.29) is 64.2 Å². The molecule has 102 heavy (non-hydrogen) atoms. The monoisotopic (exact) mass is 1540 g/mol. The summed E-state index contributed by atoms with van der Waals surface area (Å²) >= 11 is 9.21. The van der Waals surface area contributed by atoms with Crippen molar-refractivity contribution in [3.05, 3.63) is 166 Å². The molecule has 1 saturated carbocycles. The van der Waals surface area contributed by atoms with Gasteiger partial charge in [-0.05, 0) is 93.1 Å². The van der Waals surface area contributed by atoms with Gasteiger partial charge >= 0.3 is 23.9 Å². The number of carboxylic acids is 4. The van der Waals surface area contributed by atoms with Gasteiger partial charge in [0.25, 0.3) is 0 Å². The van der Waals surface area contributed by atoms with Gasteiger partial charge < -0.3 is 35.8 Å². The lowest BCUT2D eigenvalue weighted by molar-refractivity contribution is 0.0675. The normalized spacial score (nSPS) is 12.5. The Bertz CT molecular complexity index is 5150. The summed E-state index contributed by atoms with van der Waals surface area (Å²) in [5.74, 6) is -3.04. The van der Waals surface area contributed by atoms with E-state index in [0.29, 0.717) is 55.8 Å². The molecule has 2 aliphatic rings. The van der Waals surface area contributed by atoms with Crippen molar-refractivity contribution in [2.24, 2.45) is 41.0 Å². The standard InChI is InChI=1S/C13H14FN3.C12H13N3O2S.C11H8N4O2.C10H10BrN3O2S.C10H11N3O2S.C9H6N4O2S.ClH/c14-10-3-1-2-9(6-10)12-8-17-5-4-11(15)7-13(17)16-12;1-6-10(7-3-4-7)18-11(14-6)8-5-13-15(2)9(8)12(16)17;1-15-10(11(16)17)8(6-13-15)9-4-2-3-7(5-12)14-9;1-5-9(11)17-10(13-5)6-3-12-14(2)8(6)7(16)4-15;1-5-8(12-6(2)16-5)7-4-11-13(3)9(7)10(14)15;1-13-7(9(14)15)6(3-11-13)8-12-5(2-10)4-16-8;/h1-3,6,8,11H,4-5,7,15H2;5,7H,3-4H2,1-2H3,(H,16,17);2-4,6H,1H3,(H,16,17);3,15H,4H2,1-2H3;4H,1-3H3,(H,14,15);3-4H,1H3,(H,14,15);1H. The van der Waals surface area contributed by atoms with E-state index >= 15 is 0 Å². The van der Waals surface area contributed by atoms with Crippen molar-refractivity contribution in [2.45, 2.75) is 71.9 Å². The zero-order valence-electron chi connectivity index (χ0n) is 55.6. The maximum atomic E-state index is 13.1. The molecule has 14 rings (SSSR count). The number of aliphatic hydroxyl groups excluding tert-OH is 1. The van der Waals surface area contributed by atoms with Crippen LogP contribution in [-0.2, 0) is 48.2 Å². The first kappa shape index (κ1) is 77.0. The van der Waals surface area contributed by atoms with Gasteiger partial charge in [0.1, 0.15) is 56.8 Å². The lowest BCUT2D eigenvalue weighted by Crippen LogP contribution is -2.30. The molecule has 12 heterocycles. The van der Waals surface area contributed by atoms with E-state index in [4.69, 9.17) is 36.7 Å². The van der Waals surface area contributed by atoms with Gasteiger partial charge in [-0.2, -0.15) is 36.0 Å². The molecule has 1 aliphatic heterocycles. The number of hydrogen-bond donors (Lipinski definition) is 6. The van der Waals surface area contributed by atoms with E-state index in [1.54, 1.807) is 106 Å². The van der Waals surface area contributed by atoms with E-state index in [2.05, 4.69) is 75.9 Å². The molecule has 528 valence electrons. The summed E-state index contributed by atoms with van der Waals surface area (Å²) in [5, 5.41) is 87.0.